The number of aromatic nitrogens is 2. The molecule has 7 heteroatoms. The molecule has 3 aromatic rings. The van der Waals surface area contributed by atoms with Crippen molar-refractivity contribution in [2.75, 3.05) is 26.7 Å². The van der Waals surface area contributed by atoms with Crippen LogP contribution in [0.5, 0.6) is 5.75 Å². The normalized spacial score (nSPS) is 16.4. The van der Waals surface area contributed by atoms with Gasteiger partial charge in [0.15, 0.2) is 5.60 Å². The van der Waals surface area contributed by atoms with Gasteiger partial charge in [-0.1, -0.05) is 12.1 Å². The highest BCUT2D eigenvalue weighted by Gasteiger charge is 2.45. The summed E-state index contributed by atoms with van der Waals surface area (Å²) in [5.74, 6) is 1.04. The zero-order valence-corrected chi connectivity index (χ0v) is 17.6. The Morgan fingerprint density at radius 3 is 2.18 bits per heavy atom. The van der Waals surface area contributed by atoms with Gasteiger partial charge in [0.2, 0.25) is 0 Å². The fourth-order valence-electron chi connectivity index (χ4n) is 3.92. The molecule has 1 aromatic carbocycles. The molecule has 5 nitrogen and oxygen atoms in total. The number of ether oxygens (including phenoxy) is 1. The minimum absolute atomic E-state index is 0.141. The number of thiazole rings is 2. The molecule has 0 amide bonds. The maximum Gasteiger partial charge on any atom is 0.170 e. The van der Waals surface area contributed by atoms with Crippen LogP contribution in [0.4, 0.5) is 0 Å². The van der Waals surface area contributed by atoms with Gasteiger partial charge < -0.3 is 14.7 Å². The highest BCUT2D eigenvalue weighted by atomic mass is 32.1. The van der Waals surface area contributed by atoms with Gasteiger partial charge >= 0.3 is 0 Å². The van der Waals surface area contributed by atoms with Gasteiger partial charge in [-0.05, 0) is 50.0 Å². The molecule has 0 aliphatic carbocycles. The smallest absolute Gasteiger partial charge is 0.170 e. The first-order chi connectivity index (χ1) is 13.7. The van der Waals surface area contributed by atoms with Crippen LogP contribution in [-0.2, 0) is 12.0 Å². The van der Waals surface area contributed by atoms with Crippen molar-refractivity contribution in [3.05, 3.63) is 63.0 Å². The van der Waals surface area contributed by atoms with Gasteiger partial charge in [0, 0.05) is 35.6 Å². The molecule has 4 rings (SSSR count). The molecule has 1 N–H and O–H groups in total. The van der Waals surface area contributed by atoms with Crippen molar-refractivity contribution in [2.24, 2.45) is 5.92 Å². The number of methoxy groups -OCH3 is 1. The van der Waals surface area contributed by atoms with Crippen LogP contribution in [0.1, 0.15) is 28.4 Å². The first kappa shape index (κ1) is 19.5. The molecular weight excluding hydrogens is 390 g/mol. The van der Waals surface area contributed by atoms with E-state index >= 15 is 0 Å². The van der Waals surface area contributed by atoms with Gasteiger partial charge in [0.25, 0.3) is 0 Å². The number of nitrogens with zero attached hydrogens (tertiary/aromatic N) is 3. The molecule has 0 spiro atoms. The Bertz CT molecular complexity index is 808. The first-order valence-corrected chi connectivity index (χ1v) is 11.3. The van der Waals surface area contributed by atoms with Crippen LogP contribution in [0.15, 0.2) is 47.4 Å². The molecule has 28 heavy (non-hydrogen) atoms. The predicted molar refractivity (Wildman–Crippen MR) is 113 cm³/mol. The van der Waals surface area contributed by atoms with Crippen molar-refractivity contribution < 1.29 is 9.84 Å². The van der Waals surface area contributed by atoms with Crippen molar-refractivity contribution in [3.8, 4) is 5.75 Å². The van der Waals surface area contributed by atoms with Gasteiger partial charge in [-0.25, -0.2) is 9.97 Å². The third-order valence-electron chi connectivity index (χ3n) is 5.57. The van der Waals surface area contributed by atoms with Gasteiger partial charge in [0.1, 0.15) is 15.8 Å². The van der Waals surface area contributed by atoms with Crippen molar-refractivity contribution >= 4 is 22.7 Å². The van der Waals surface area contributed by atoms with Crippen molar-refractivity contribution in [1.29, 1.82) is 0 Å². The van der Waals surface area contributed by atoms with Gasteiger partial charge in [0.05, 0.1) is 7.11 Å². The number of hydrogen-bond donors (Lipinski definition) is 1. The average molecular weight is 416 g/mol. The van der Waals surface area contributed by atoms with E-state index in [2.05, 4.69) is 27.0 Å². The maximum absolute atomic E-state index is 11.7. The average Bonchev–Trinajstić information content (AvgIpc) is 3.47. The van der Waals surface area contributed by atoms with Crippen LogP contribution in [0.3, 0.4) is 0 Å². The fourth-order valence-corrected chi connectivity index (χ4v) is 5.61. The number of hydrogen-bond acceptors (Lipinski definition) is 7. The minimum Gasteiger partial charge on any atom is -0.497 e. The largest absolute Gasteiger partial charge is 0.497 e. The molecule has 0 atom stereocenters. The van der Waals surface area contributed by atoms with E-state index in [-0.39, 0.29) is 5.92 Å². The van der Waals surface area contributed by atoms with E-state index in [0.29, 0.717) is 0 Å². The second-order valence-electron chi connectivity index (χ2n) is 7.15. The topological polar surface area (TPSA) is 58.5 Å². The molecule has 1 aliphatic heterocycles. The van der Waals surface area contributed by atoms with E-state index in [9.17, 15) is 5.11 Å². The summed E-state index contributed by atoms with van der Waals surface area (Å²) < 4.78 is 5.23. The lowest BCUT2D eigenvalue weighted by atomic mass is 9.81. The van der Waals surface area contributed by atoms with Crippen LogP contribution >= 0.6 is 22.7 Å². The molecule has 3 heterocycles. The van der Waals surface area contributed by atoms with Crippen molar-refractivity contribution in [1.82, 2.24) is 14.9 Å². The second kappa shape index (κ2) is 8.69. The summed E-state index contributed by atoms with van der Waals surface area (Å²) in [6.07, 6.45) is 6.44. The van der Waals surface area contributed by atoms with E-state index in [1.165, 1.54) is 28.2 Å². The number of rotatable bonds is 7. The highest BCUT2D eigenvalue weighted by molar-refractivity contribution is 7.11. The van der Waals surface area contributed by atoms with Crippen LogP contribution in [-0.4, -0.2) is 46.7 Å². The Balaban J connectivity index is 1.38. The third-order valence-corrected chi connectivity index (χ3v) is 7.37. The highest BCUT2D eigenvalue weighted by Crippen LogP contribution is 2.43. The van der Waals surface area contributed by atoms with E-state index in [1.54, 1.807) is 19.5 Å². The summed E-state index contributed by atoms with van der Waals surface area (Å²) in [7, 11) is 1.69. The van der Waals surface area contributed by atoms with Gasteiger partial charge in [-0.3, -0.25) is 0 Å². The first-order valence-electron chi connectivity index (χ1n) is 9.57. The van der Waals surface area contributed by atoms with E-state index in [0.717, 1.165) is 54.7 Å². The number of likely N-dealkylation sites (tertiary alicyclic amines) is 1. The standard InChI is InChI=1S/C21H25N3O2S2/c1-26-18-4-2-16(3-5-18)6-11-24-12-7-17(8-13-24)21(25,19-22-9-14-27-19)20-23-10-15-28-20/h2-5,9-10,14-15,17,25H,6-8,11-13H2,1H3. The van der Waals surface area contributed by atoms with E-state index in [4.69, 9.17) is 4.74 Å². The zero-order valence-electron chi connectivity index (χ0n) is 16.0. The monoisotopic (exact) mass is 415 g/mol. The summed E-state index contributed by atoms with van der Waals surface area (Å²) in [5, 5.41) is 17.0. The van der Waals surface area contributed by atoms with Crippen LogP contribution in [0.2, 0.25) is 0 Å². The Labute approximate surface area is 173 Å². The van der Waals surface area contributed by atoms with Crippen molar-refractivity contribution in [3.63, 3.8) is 0 Å². The lowest BCUT2D eigenvalue weighted by molar-refractivity contribution is -0.0142. The Kier molecular flexibility index (Phi) is 6.06. The zero-order chi connectivity index (χ0) is 19.4. The molecule has 1 saturated heterocycles. The number of benzene rings is 1. The third kappa shape index (κ3) is 3.98. The molecular formula is C21H25N3O2S2. The van der Waals surface area contributed by atoms with E-state index in [1.807, 2.05) is 22.9 Å². The molecule has 1 fully saturated rings. The molecule has 1 aliphatic rings. The minimum atomic E-state index is -1.07. The van der Waals surface area contributed by atoms with Crippen LogP contribution in [0.25, 0.3) is 0 Å². The lowest BCUT2D eigenvalue weighted by Crippen LogP contribution is -2.44. The summed E-state index contributed by atoms with van der Waals surface area (Å²) >= 11 is 3.03. The predicted octanol–water partition coefficient (Wildman–Crippen LogP) is 3.80. The van der Waals surface area contributed by atoms with Gasteiger partial charge in [-0.15, -0.1) is 22.7 Å². The molecule has 0 saturated carbocycles. The quantitative estimate of drug-likeness (QED) is 0.636. The van der Waals surface area contributed by atoms with Crippen LogP contribution in [0, 0.1) is 5.92 Å². The SMILES string of the molecule is COc1ccc(CCN2CCC(C(O)(c3nccs3)c3nccs3)CC2)cc1. The summed E-state index contributed by atoms with van der Waals surface area (Å²) in [5.41, 5.74) is 0.259. The molecule has 0 bridgehead atoms. The Morgan fingerprint density at radius 1 is 1.07 bits per heavy atom. The van der Waals surface area contributed by atoms with Crippen LogP contribution < -0.4 is 4.74 Å². The molecule has 2 aromatic heterocycles. The van der Waals surface area contributed by atoms with E-state index < -0.39 is 5.60 Å². The molecule has 0 radical (unpaired) electrons. The summed E-state index contributed by atoms with van der Waals surface area (Å²) in [6.45, 7) is 3.01. The Morgan fingerprint density at radius 2 is 1.68 bits per heavy atom. The number of aliphatic hydroxyl groups is 1. The number of piperidine rings is 1. The van der Waals surface area contributed by atoms with Crippen molar-refractivity contribution in [2.45, 2.75) is 24.9 Å². The molecule has 148 valence electrons. The summed E-state index contributed by atoms with van der Waals surface area (Å²) in [6, 6.07) is 8.30. The molecule has 0 unspecified atom stereocenters. The maximum atomic E-state index is 11.7. The summed E-state index contributed by atoms with van der Waals surface area (Å²) in [4.78, 5) is 11.4. The lowest BCUT2D eigenvalue weighted by Gasteiger charge is -2.39. The Hall–Kier alpha value is -1.80. The second-order valence-corrected chi connectivity index (χ2v) is 8.94. The fraction of sp³-hybridized carbons (Fsp3) is 0.429. The van der Waals surface area contributed by atoms with Gasteiger partial charge in [-0.2, -0.15) is 0 Å².